The molecule has 0 saturated carbocycles. The minimum absolute atomic E-state index is 0.0240. The van der Waals surface area contributed by atoms with Crippen LogP contribution in [-0.4, -0.2) is 60.3 Å². The third kappa shape index (κ3) is 6.48. The Balaban J connectivity index is 1.63. The lowest BCUT2D eigenvalue weighted by Gasteiger charge is -2.49. The number of amides is 1. The van der Waals surface area contributed by atoms with E-state index in [0.29, 0.717) is 5.75 Å². The molecule has 200 valence electrons. The van der Waals surface area contributed by atoms with Crippen LogP contribution < -0.4 is 10.1 Å². The molecule has 2 aliphatic heterocycles. The molecule has 2 aromatic carbocycles. The van der Waals surface area contributed by atoms with Crippen LogP contribution in [0.4, 0.5) is 0 Å². The highest BCUT2D eigenvalue weighted by Crippen LogP contribution is 2.36. The van der Waals surface area contributed by atoms with Crippen LogP contribution in [0.15, 0.2) is 54.6 Å². The number of carboxylic acid groups (broad SMARTS) is 1. The summed E-state index contributed by atoms with van der Waals surface area (Å²) in [7, 11) is 0. The van der Waals surface area contributed by atoms with E-state index >= 15 is 0 Å². The van der Waals surface area contributed by atoms with Crippen LogP contribution in [0.5, 0.6) is 5.75 Å². The van der Waals surface area contributed by atoms with Gasteiger partial charge in [-0.3, -0.25) is 4.79 Å². The third-order valence-corrected chi connectivity index (χ3v) is 6.46. The van der Waals surface area contributed by atoms with Crippen molar-refractivity contribution in [1.82, 2.24) is 5.32 Å². The van der Waals surface area contributed by atoms with E-state index in [9.17, 15) is 14.7 Å². The van der Waals surface area contributed by atoms with Crippen LogP contribution in [0.25, 0.3) is 0 Å². The predicted molar refractivity (Wildman–Crippen MR) is 134 cm³/mol. The van der Waals surface area contributed by atoms with Crippen molar-refractivity contribution < 1.29 is 38.4 Å². The van der Waals surface area contributed by atoms with Crippen molar-refractivity contribution in [3.63, 3.8) is 0 Å². The molecule has 2 saturated heterocycles. The number of carboxylic acids is 1. The summed E-state index contributed by atoms with van der Waals surface area (Å²) < 4.78 is 30.6. The zero-order valence-electron chi connectivity index (χ0n) is 21.7. The molecule has 1 amide bonds. The van der Waals surface area contributed by atoms with Gasteiger partial charge in [0.1, 0.15) is 30.1 Å². The molecule has 0 aromatic heterocycles. The van der Waals surface area contributed by atoms with Gasteiger partial charge in [-0.15, -0.1) is 0 Å². The number of hydrogen-bond donors (Lipinski definition) is 2. The lowest BCUT2D eigenvalue weighted by atomic mass is 9.87. The number of fused-ring (bicyclic) bond motifs is 1. The zero-order chi connectivity index (χ0) is 26.7. The number of ether oxygens (including phenoxy) is 5. The van der Waals surface area contributed by atoms with Crippen molar-refractivity contribution in [2.45, 2.75) is 83.1 Å². The molecule has 37 heavy (non-hydrogen) atoms. The van der Waals surface area contributed by atoms with Crippen molar-refractivity contribution in [1.29, 1.82) is 0 Å². The van der Waals surface area contributed by atoms with Gasteiger partial charge in [-0.25, -0.2) is 4.79 Å². The third-order valence-electron chi connectivity index (χ3n) is 6.46. The van der Waals surface area contributed by atoms with E-state index in [-0.39, 0.29) is 17.9 Å². The maximum absolute atomic E-state index is 12.2. The minimum Gasteiger partial charge on any atom is -0.479 e. The van der Waals surface area contributed by atoms with Gasteiger partial charge < -0.3 is 34.1 Å². The van der Waals surface area contributed by atoms with E-state index in [4.69, 9.17) is 23.7 Å². The van der Waals surface area contributed by atoms with E-state index in [2.05, 4.69) is 26.1 Å². The molecule has 0 radical (unpaired) electrons. The Bertz CT molecular complexity index is 1070. The van der Waals surface area contributed by atoms with E-state index in [0.717, 1.165) is 11.1 Å². The topological polar surface area (TPSA) is 113 Å². The van der Waals surface area contributed by atoms with Crippen LogP contribution in [-0.2, 0) is 34.0 Å². The molecule has 2 aliphatic rings. The Morgan fingerprint density at radius 2 is 1.73 bits per heavy atom. The van der Waals surface area contributed by atoms with Crippen molar-refractivity contribution in [3.05, 3.63) is 65.7 Å². The molecule has 2 fully saturated rings. The second-order valence-corrected chi connectivity index (χ2v) is 10.4. The molecule has 9 nitrogen and oxygen atoms in total. The maximum Gasteiger partial charge on any atom is 0.332 e. The second-order valence-electron chi connectivity index (χ2n) is 10.4. The van der Waals surface area contributed by atoms with Gasteiger partial charge in [0.25, 0.3) is 0 Å². The van der Waals surface area contributed by atoms with Gasteiger partial charge in [0.2, 0.25) is 12.2 Å². The maximum atomic E-state index is 12.2. The summed E-state index contributed by atoms with van der Waals surface area (Å²) in [6.45, 7) is 9.34. The van der Waals surface area contributed by atoms with Gasteiger partial charge in [-0.2, -0.15) is 0 Å². The Hall–Kier alpha value is -2.98. The Morgan fingerprint density at radius 3 is 2.32 bits per heavy atom. The highest BCUT2D eigenvalue weighted by molar-refractivity contribution is 5.73. The van der Waals surface area contributed by atoms with Crippen LogP contribution in [0.2, 0.25) is 0 Å². The summed E-state index contributed by atoms with van der Waals surface area (Å²) in [4.78, 5) is 23.9. The highest BCUT2D eigenvalue weighted by Gasteiger charge is 2.52. The average Bonchev–Trinajstić information content (AvgIpc) is 2.85. The van der Waals surface area contributed by atoms with Crippen LogP contribution in [0, 0.1) is 0 Å². The van der Waals surface area contributed by atoms with Gasteiger partial charge in [0, 0.05) is 12.5 Å². The monoisotopic (exact) mass is 513 g/mol. The first-order valence-corrected chi connectivity index (χ1v) is 12.4. The smallest absolute Gasteiger partial charge is 0.332 e. The fraction of sp³-hybridized carbons (Fsp3) is 0.500. The zero-order valence-corrected chi connectivity index (χ0v) is 21.7. The first-order valence-electron chi connectivity index (χ1n) is 12.4. The number of carbonyl (C=O) groups excluding carboxylic acids is 1. The van der Waals surface area contributed by atoms with E-state index < -0.39 is 49.0 Å². The van der Waals surface area contributed by atoms with Gasteiger partial charge in [-0.1, -0.05) is 63.2 Å². The first-order chi connectivity index (χ1) is 17.5. The van der Waals surface area contributed by atoms with Crippen molar-refractivity contribution in [2.75, 3.05) is 6.61 Å². The van der Waals surface area contributed by atoms with Crippen molar-refractivity contribution in [2.24, 2.45) is 0 Å². The summed E-state index contributed by atoms with van der Waals surface area (Å²) >= 11 is 0. The second kappa shape index (κ2) is 11.2. The predicted octanol–water partition coefficient (Wildman–Crippen LogP) is 3.57. The van der Waals surface area contributed by atoms with Gasteiger partial charge in [0.05, 0.1) is 6.61 Å². The summed E-state index contributed by atoms with van der Waals surface area (Å²) in [6, 6.07) is 16.2. The number of hydrogen-bond acceptors (Lipinski definition) is 7. The average molecular weight is 514 g/mol. The Labute approximate surface area is 217 Å². The fourth-order valence-electron chi connectivity index (χ4n) is 4.46. The lowest BCUT2D eigenvalue weighted by molar-refractivity contribution is -0.340. The molecule has 7 unspecified atom stereocenters. The normalized spacial score (nSPS) is 28.6. The number of benzene rings is 2. The van der Waals surface area contributed by atoms with Crippen LogP contribution in [0.1, 0.15) is 52.0 Å². The number of nitrogens with one attached hydrogen (secondary N) is 1. The first kappa shape index (κ1) is 27.1. The minimum atomic E-state index is -1.16. The Kier molecular flexibility index (Phi) is 8.18. The van der Waals surface area contributed by atoms with E-state index in [1.54, 1.807) is 0 Å². The Morgan fingerprint density at radius 1 is 1.05 bits per heavy atom. The number of carbonyl (C=O) groups is 2. The van der Waals surface area contributed by atoms with Gasteiger partial charge in [-0.05, 0) is 30.0 Å². The molecular formula is C28H35NO8. The lowest BCUT2D eigenvalue weighted by Crippen LogP contribution is -2.68. The molecule has 0 aliphatic carbocycles. The van der Waals surface area contributed by atoms with E-state index in [1.165, 1.54) is 13.8 Å². The van der Waals surface area contributed by atoms with Gasteiger partial charge >= 0.3 is 5.97 Å². The standard InChI is InChI=1S/C28H35NO8/c1-16(25(31)32)34-24-22(29-17(2)30)27(35-20-13-11-19(12-14-20)28(3,4)5)36-21-15-33-26(37-23(21)24)18-9-7-6-8-10-18/h6-14,16,21-24,26-27H,15H2,1-5H3,(H,29,30)(H,31,32). The van der Waals surface area contributed by atoms with Crippen LogP contribution in [0.3, 0.4) is 0 Å². The van der Waals surface area contributed by atoms with E-state index in [1.807, 2.05) is 54.6 Å². The fourth-order valence-corrected chi connectivity index (χ4v) is 4.46. The molecule has 2 heterocycles. The number of aliphatic carboxylic acids is 1. The SMILES string of the molecule is CC(=O)NC1C(Oc2ccc(C(C)(C)C)cc2)OC2COC(c3ccccc3)OC2C1OC(C)C(=O)O. The van der Waals surface area contributed by atoms with Crippen molar-refractivity contribution in [3.8, 4) is 5.75 Å². The highest BCUT2D eigenvalue weighted by atomic mass is 16.8. The summed E-state index contributed by atoms with van der Waals surface area (Å²) in [5.41, 5.74) is 1.92. The number of rotatable bonds is 7. The summed E-state index contributed by atoms with van der Waals surface area (Å²) in [5.74, 6) is -0.935. The van der Waals surface area contributed by atoms with Crippen LogP contribution >= 0.6 is 0 Å². The molecule has 0 bridgehead atoms. The molecule has 2 N–H and O–H groups in total. The molecule has 7 atom stereocenters. The van der Waals surface area contributed by atoms with Gasteiger partial charge in [0.15, 0.2) is 12.4 Å². The molecule has 9 heteroatoms. The largest absolute Gasteiger partial charge is 0.479 e. The summed E-state index contributed by atoms with van der Waals surface area (Å²) in [5, 5.41) is 12.4. The molecule has 4 rings (SSSR count). The molecule has 0 spiro atoms. The quantitative estimate of drug-likeness (QED) is 0.578. The molecule has 2 aromatic rings. The van der Waals surface area contributed by atoms with Crippen molar-refractivity contribution >= 4 is 11.9 Å². The molecular weight excluding hydrogens is 478 g/mol. The summed E-state index contributed by atoms with van der Waals surface area (Å²) in [6.07, 6.45) is -5.05.